The Kier molecular flexibility index (Phi) is 2.40. The first-order valence-electron chi connectivity index (χ1n) is 4.15. The van der Waals surface area contributed by atoms with Crippen molar-refractivity contribution < 1.29 is 9.84 Å². The number of allylic oxidation sites excluding steroid dienone is 1. The summed E-state index contributed by atoms with van der Waals surface area (Å²) in [7, 11) is 0. The quantitative estimate of drug-likeness (QED) is 0.599. The van der Waals surface area contributed by atoms with Gasteiger partial charge < -0.3 is 9.84 Å². The van der Waals surface area contributed by atoms with Crippen molar-refractivity contribution in [1.82, 2.24) is 0 Å². The van der Waals surface area contributed by atoms with Gasteiger partial charge in [0.1, 0.15) is 0 Å². The van der Waals surface area contributed by atoms with Gasteiger partial charge in [0.15, 0.2) is 6.29 Å². The fourth-order valence-corrected chi connectivity index (χ4v) is 1.18. The summed E-state index contributed by atoms with van der Waals surface area (Å²) < 4.78 is 5.36. The smallest absolute Gasteiger partial charge is 0.182 e. The standard InChI is InChI=1S/C10H16O2/c1-7(2)8-5-6-10(3,4)12-9(8)11/h5-6,9,11H,1-4H3. The van der Waals surface area contributed by atoms with Gasteiger partial charge in [0.05, 0.1) is 5.60 Å². The van der Waals surface area contributed by atoms with Crippen LogP contribution in [0.3, 0.4) is 0 Å². The molecule has 0 saturated carbocycles. The van der Waals surface area contributed by atoms with Crippen LogP contribution in [0.2, 0.25) is 0 Å². The zero-order valence-electron chi connectivity index (χ0n) is 8.09. The third-order valence-corrected chi connectivity index (χ3v) is 1.92. The molecule has 0 aromatic rings. The van der Waals surface area contributed by atoms with Crippen LogP contribution in [0, 0.1) is 0 Å². The summed E-state index contributed by atoms with van der Waals surface area (Å²) in [5.41, 5.74) is 1.61. The molecule has 12 heavy (non-hydrogen) atoms. The Hall–Kier alpha value is -0.600. The molecule has 1 N–H and O–H groups in total. The van der Waals surface area contributed by atoms with Crippen LogP contribution in [-0.4, -0.2) is 17.0 Å². The minimum atomic E-state index is -0.769. The molecular weight excluding hydrogens is 152 g/mol. The van der Waals surface area contributed by atoms with Crippen molar-refractivity contribution in [1.29, 1.82) is 0 Å². The second-order valence-electron chi connectivity index (χ2n) is 3.86. The van der Waals surface area contributed by atoms with Gasteiger partial charge in [-0.15, -0.1) is 0 Å². The lowest BCUT2D eigenvalue weighted by Crippen LogP contribution is -2.33. The maximum absolute atomic E-state index is 9.54. The molecule has 1 atom stereocenters. The molecule has 0 fully saturated rings. The number of hydrogen-bond acceptors (Lipinski definition) is 2. The molecule has 2 nitrogen and oxygen atoms in total. The molecule has 1 unspecified atom stereocenters. The zero-order valence-corrected chi connectivity index (χ0v) is 8.09. The molecule has 0 saturated heterocycles. The van der Waals surface area contributed by atoms with Crippen LogP contribution in [0.4, 0.5) is 0 Å². The summed E-state index contributed by atoms with van der Waals surface area (Å²) in [6, 6.07) is 0. The van der Waals surface area contributed by atoms with Crippen molar-refractivity contribution in [2.24, 2.45) is 0 Å². The van der Waals surface area contributed by atoms with E-state index in [0.29, 0.717) is 0 Å². The molecule has 1 rings (SSSR count). The Morgan fingerprint density at radius 1 is 1.50 bits per heavy atom. The van der Waals surface area contributed by atoms with Crippen LogP contribution in [0.15, 0.2) is 23.3 Å². The first kappa shape index (κ1) is 9.49. The number of ether oxygens (including phenoxy) is 1. The molecule has 1 aliphatic heterocycles. The fourth-order valence-electron chi connectivity index (χ4n) is 1.18. The van der Waals surface area contributed by atoms with Gasteiger partial charge in [0, 0.05) is 5.57 Å². The van der Waals surface area contributed by atoms with E-state index < -0.39 is 6.29 Å². The Morgan fingerprint density at radius 2 is 2.08 bits per heavy atom. The largest absolute Gasteiger partial charge is 0.364 e. The average molecular weight is 168 g/mol. The van der Waals surface area contributed by atoms with Gasteiger partial charge in [0.25, 0.3) is 0 Å². The summed E-state index contributed by atoms with van der Waals surface area (Å²) in [5, 5.41) is 9.54. The monoisotopic (exact) mass is 168 g/mol. The van der Waals surface area contributed by atoms with Gasteiger partial charge in [-0.25, -0.2) is 0 Å². The summed E-state index contributed by atoms with van der Waals surface area (Å²) in [4.78, 5) is 0. The molecule has 0 bridgehead atoms. The van der Waals surface area contributed by atoms with Crippen LogP contribution >= 0.6 is 0 Å². The second-order valence-corrected chi connectivity index (χ2v) is 3.86. The van der Waals surface area contributed by atoms with Crippen molar-refractivity contribution in [3.05, 3.63) is 23.3 Å². The predicted octanol–water partition coefficient (Wildman–Crippen LogP) is 2.01. The maximum atomic E-state index is 9.54. The minimum Gasteiger partial charge on any atom is -0.364 e. The Bertz CT molecular complexity index is 232. The van der Waals surface area contributed by atoms with Gasteiger partial charge in [-0.2, -0.15) is 0 Å². The van der Waals surface area contributed by atoms with Gasteiger partial charge in [0.2, 0.25) is 0 Å². The third kappa shape index (κ3) is 1.96. The Labute approximate surface area is 73.5 Å². The van der Waals surface area contributed by atoms with Crippen molar-refractivity contribution in [2.75, 3.05) is 0 Å². The summed E-state index contributed by atoms with van der Waals surface area (Å²) in [6.07, 6.45) is 3.13. The van der Waals surface area contributed by atoms with E-state index in [1.165, 1.54) is 0 Å². The van der Waals surface area contributed by atoms with Gasteiger partial charge >= 0.3 is 0 Å². The molecule has 1 aliphatic rings. The first-order valence-corrected chi connectivity index (χ1v) is 4.15. The van der Waals surface area contributed by atoms with Crippen molar-refractivity contribution >= 4 is 0 Å². The van der Waals surface area contributed by atoms with Crippen LogP contribution < -0.4 is 0 Å². The van der Waals surface area contributed by atoms with E-state index in [0.717, 1.165) is 11.1 Å². The Balaban J connectivity index is 2.95. The van der Waals surface area contributed by atoms with Crippen LogP contribution in [0.25, 0.3) is 0 Å². The Morgan fingerprint density at radius 3 is 2.50 bits per heavy atom. The third-order valence-electron chi connectivity index (χ3n) is 1.92. The molecular formula is C10H16O2. The predicted molar refractivity (Wildman–Crippen MR) is 48.7 cm³/mol. The highest BCUT2D eigenvalue weighted by atomic mass is 16.6. The van der Waals surface area contributed by atoms with E-state index in [1.54, 1.807) is 0 Å². The number of hydrogen-bond donors (Lipinski definition) is 1. The molecule has 68 valence electrons. The van der Waals surface area contributed by atoms with Crippen LogP contribution in [-0.2, 0) is 4.74 Å². The van der Waals surface area contributed by atoms with E-state index in [-0.39, 0.29) is 5.60 Å². The van der Waals surface area contributed by atoms with Crippen molar-refractivity contribution in [3.63, 3.8) is 0 Å². The van der Waals surface area contributed by atoms with Gasteiger partial charge in [-0.1, -0.05) is 17.7 Å². The van der Waals surface area contributed by atoms with E-state index in [2.05, 4.69) is 0 Å². The lowest BCUT2D eigenvalue weighted by atomic mass is 10.0. The number of rotatable bonds is 0. The highest BCUT2D eigenvalue weighted by molar-refractivity contribution is 5.29. The lowest BCUT2D eigenvalue weighted by molar-refractivity contribution is -0.135. The molecule has 0 spiro atoms. The molecule has 1 heterocycles. The van der Waals surface area contributed by atoms with E-state index in [1.807, 2.05) is 39.8 Å². The normalized spacial score (nSPS) is 27.4. The average Bonchev–Trinajstić information content (AvgIpc) is 1.83. The summed E-state index contributed by atoms with van der Waals surface area (Å²) in [5.74, 6) is 0. The maximum Gasteiger partial charge on any atom is 0.182 e. The van der Waals surface area contributed by atoms with Gasteiger partial charge in [-0.3, -0.25) is 0 Å². The van der Waals surface area contributed by atoms with E-state index >= 15 is 0 Å². The van der Waals surface area contributed by atoms with E-state index in [9.17, 15) is 5.11 Å². The minimum absolute atomic E-state index is 0.349. The second kappa shape index (κ2) is 3.04. The van der Waals surface area contributed by atoms with Crippen LogP contribution in [0.1, 0.15) is 27.7 Å². The summed E-state index contributed by atoms with van der Waals surface area (Å²) in [6.45, 7) is 7.78. The van der Waals surface area contributed by atoms with Crippen molar-refractivity contribution in [3.8, 4) is 0 Å². The molecule has 0 radical (unpaired) electrons. The molecule has 0 amide bonds. The van der Waals surface area contributed by atoms with Crippen LogP contribution in [0.5, 0.6) is 0 Å². The van der Waals surface area contributed by atoms with Crippen molar-refractivity contribution in [2.45, 2.75) is 39.6 Å². The zero-order chi connectivity index (χ0) is 9.35. The molecule has 0 aromatic carbocycles. The van der Waals surface area contributed by atoms with E-state index in [4.69, 9.17) is 4.74 Å². The summed E-state index contributed by atoms with van der Waals surface area (Å²) >= 11 is 0. The molecule has 2 heteroatoms. The topological polar surface area (TPSA) is 29.5 Å². The highest BCUT2D eigenvalue weighted by Crippen LogP contribution is 2.25. The van der Waals surface area contributed by atoms with Gasteiger partial charge in [-0.05, 0) is 27.7 Å². The number of aliphatic hydroxyl groups excluding tert-OH is 1. The first-order chi connectivity index (χ1) is 5.42. The molecule has 0 aromatic heterocycles. The lowest BCUT2D eigenvalue weighted by Gasteiger charge is -2.30. The SMILES string of the molecule is CC(C)=C1C=CC(C)(C)OC1O. The fraction of sp³-hybridized carbons (Fsp3) is 0.600. The highest BCUT2D eigenvalue weighted by Gasteiger charge is 2.26. The number of aliphatic hydroxyl groups is 1. The molecule has 0 aliphatic carbocycles.